The Balaban J connectivity index is 2.21. The van der Waals surface area contributed by atoms with Crippen molar-refractivity contribution in [1.82, 2.24) is 0 Å². The van der Waals surface area contributed by atoms with Gasteiger partial charge in [-0.1, -0.05) is 18.2 Å². The Kier molecular flexibility index (Phi) is 4.25. The highest BCUT2D eigenvalue weighted by atomic mass is 16.5. The van der Waals surface area contributed by atoms with Crippen LogP contribution in [-0.2, 0) is 6.54 Å². The minimum absolute atomic E-state index is 0.128. The number of aromatic hydroxyl groups is 2. The standard InChI is InChI=1S/C16H17NO3/c1-11(14-8-7-13(20-2)9-16(14)19)17-10-12-5-3-4-6-15(12)18/h3-9,18-19H,10H2,1-2H3/b17-11-. The second-order valence-corrected chi connectivity index (χ2v) is 4.41. The molecular formula is C16H17NO3. The van der Waals surface area contributed by atoms with Crippen molar-refractivity contribution in [2.45, 2.75) is 13.5 Å². The van der Waals surface area contributed by atoms with Crippen LogP contribution < -0.4 is 4.74 Å². The van der Waals surface area contributed by atoms with Gasteiger partial charge in [0, 0.05) is 22.9 Å². The van der Waals surface area contributed by atoms with Crippen molar-refractivity contribution >= 4 is 5.71 Å². The van der Waals surface area contributed by atoms with Crippen molar-refractivity contribution in [3.63, 3.8) is 0 Å². The van der Waals surface area contributed by atoms with E-state index in [0.29, 0.717) is 23.6 Å². The van der Waals surface area contributed by atoms with E-state index in [9.17, 15) is 10.2 Å². The number of hydrogen-bond donors (Lipinski definition) is 2. The van der Waals surface area contributed by atoms with Crippen LogP contribution in [0.25, 0.3) is 0 Å². The lowest BCUT2D eigenvalue weighted by Gasteiger charge is -2.07. The first-order valence-electron chi connectivity index (χ1n) is 6.27. The van der Waals surface area contributed by atoms with Gasteiger partial charge in [0.2, 0.25) is 0 Å². The molecule has 2 N–H and O–H groups in total. The van der Waals surface area contributed by atoms with Crippen LogP contribution in [0.3, 0.4) is 0 Å². The molecule has 20 heavy (non-hydrogen) atoms. The third-order valence-electron chi connectivity index (χ3n) is 3.07. The molecule has 0 spiro atoms. The molecule has 0 aromatic heterocycles. The summed E-state index contributed by atoms with van der Waals surface area (Å²) >= 11 is 0. The van der Waals surface area contributed by atoms with E-state index in [1.54, 1.807) is 37.4 Å². The average molecular weight is 271 g/mol. The largest absolute Gasteiger partial charge is 0.508 e. The summed E-state index contributed by atoms with van der Waals surface area (Å²) in [6.45, 7) is 2.19. The van der Waals surface area contributed by atoms with Crippen LogP contribution in [-0.4, -0.2) is 23.0 Å². The van der Waals surface area contributed by atoms with Crippen LogP contribution in [0.5, 0.6) is 17.2 Å². The number of hydrogen-bond acceptors (Lipinski definition) is 4. The average Bonchev–Trinajstić information content (AvgIpc) is 2.46. The highest BCUT2D eigenvalue weighted by Gasteiger charge is 2.06. The number of phenols is 2. The summed E-state index contributed by atoms with van der Waals surface area (Å²) in [6, 6.07) is 12.2. The van der Waals surface area contributed by atoms with Crippen LogP contribution in [0.2, 0.25) is 0 Å². The van der Waals surface area contributed by atoms with Gasteiger partial charge in [0.1, 0.15) is 17.2 Å². The fourth-order valence-electron chi connectivity index (χ4n) is 1.88. The fraction of sp³-hybridized carbons (Fsp3) is 0.188. The minimum atomic E-state index is 0.128. The van der Waals surface area contributed by atoms with Gasteiger partial charge in [-0.25, -0.2) is 0 Å². The topological polar surface area (TPSA) is 62.0 Å². The maximum absolute atomic E-state index is 9.93. The van der Waals surface area contributed by atoms with Crippen molar-refractivity contribution in [3.05, 3.63) is 53.6 Å². The van der Waals surface area contributed by atoms with Crippen molar-refractivity contribution in [2.24, 2.45) is 4.99 Å². The van der Waals surface area contributed by atoms with E-state index in [-0.39, 0.29) is 11.5 Å². The predicted molar refractivity (Wildman–Crippen MR) is 78.7 cm³/mol. The molecule has 0 radical (unpaired) electrons. The smallest absolute Gasteiger partial charge is 0.128 e. The first-order valence-corrected chi connectivity index (χ1v) is 6.27. The second kappa shape index (κ2) is 6.10. The summed E-state index contributed by atoms with van der Waals surface area (Å²) in [5, 5.41) is 19.6. The van der Waals surface area contributed by atoms with Gasteiger partial charge in [0.25, 0.3) is 0 Å². The van der Waals surface area contributed by atoms with Crippen LogP contribution in [0.15, 0.2) is 47.5 Å². The minimum Gasteiger partial charge on any atom is -0.508 e. The Bertz CT molecular complexity index is 635. The van der Waals surface area contributed by atoms with Gasteiger partial charge in [-0.15, -0.1) is 0 Å². The van der Waals surface area contributed by atoms with E-state index >= 15 is 0 Å². The van der Waals surface area contributed by atoms with Crippen LogP contribution in [0.4, 0.5) is 0 Å². The highest BCUT2D eigenvalue weighted by Crippen LogP contribution is 2.24. The summed E-state index contributed by atoms with van der Waals surface area (Å²) in [5.41, 5.74) is 2.11. The van der Waals surface area contributed by atoms with Gasteiger partial charge < -0.3 is 14.9 Å². The normalized spacial score (nSPS) is 11.4. The lowest BCUT2D eigenvalue weighted by molar-refractivity contribution is 0.407. The zero-order valence-corrected chi connectivity index (χ0v) is 11.5. The van der Waals surface area contributed by atoms with Gasteiger partial charge >= 0.3 is 0 Å². The van der Waals surface area contributed by atoms with E-state index in [2.05, 4.69) is 4.99 Å². The Morgan fingerprint density at radius 2 is 1.85 bits per heavy atom. The molecule has 0 saturated carbocycles. The van der Waals surface area contributed by atoms with Crippen LogP contribution in [0.1, 0.15) is 18.1 Å². The lowest BCUT2D eigenvalue weighted by Crippen LogP contribution is -1.97. The van der Waals surface area contributed by atoms with E-state index in [1.807, 2.05) is 19.1 Å². The van der Waals surface area contributed by atoms with E-state index in [0.717, 1.165) is 5.56 Å². The molecular weight excluding hydrogens is 254 g/mol. The van der Waals surface area contributed by atoms with Gasteiger partial charge in [-0.2, -0.15) is 0 Å². The molecule has 2 aromatic rings. The molecule has 0 heterocycles. The number of para-hydroxylation sites is 1. The second-order valence-electron chi connectivity index (χ2n) is 4.41. The maximum atomic E-state index is 9.93. The predicted octanol–water partition coefficient (Wildman–Crippen LogP) is 3.12. The lowest BCUT2D eigenvalue weighted by atomic mass is 10.1. The number of nitrogens with zero attached hydrogens (tertiary/aromatic N) is 1. The van der Waals surface area contributed by atoms with Crippen molar-refractivity contribution in [1.29, 1.82) is 0 Å². The molecule has 0 amide bonds. The summed E-state index contributed by atoms with van der Waals surface area (Å²) in [7, 11) is 1.55. The molecule has 4 heteroatoms. The number of methoxy groups -OCH3 is 1. The molecule has 0 aliphatic heterocycles. The molecule has 0 unspecified atom stereocenters. The van der Waals surface area contributed by atoms with Gasteiger partial charge in [0.15, 0.2) is 0 Å². The first kappa shape index (κ1) is 13.9. The van der Waals surface area contributed by atoms with Gasteiger partial charge in [-0.05, 0) is 25.1 Å². The van der Waals surface area contributed by atoms with E-state index < -0.39 is 0 Å². The number of aliphatic imine (C=N–C) groups is 1. The number of benzene rings is 2. The monoisotopic (exact) mass is 271 g/mol. The molecule has 0 aliphatic carbocycles. The van der Waals surface area contributed by atoms with Gasteiger partial charge in [-0.3, -0.25) is 4.99 Å². The van der Waals surface area contributed by atoms with Crippen molar-refractivity contribution in [2.75, 3.05) is 7.11 Å². The molecule has 0 aliphatic rings. The van der Waals surface area contributed by atoms with Gasteiger partial charge in [0.05, 0.1) is 13.7 Å². The summed E-state index contributed by atoms with van der Waals surface area (Å²) in [5.74, 6) is 0.950. The van der Waals surface area contributed by atoms with E-state index in [4.69, 9.17) is 4.74 Å². The Morgan fingerprint density at radius 1 is 1.10 bits per heavy atom. The zero-order valence-electron chi connectivity index (χ0n) is 11.5. The Morgan fingerprint density at radius 3 is 2.50 bits per heavy atom. The zero-order chi connectivity index (χ0) is 14.5. The fourth-order valence-corrected chi connectivity index (χ4v) is 1.88. The molecule has 2 rings (SSSR count). The third kappa shape index (κ3) is 3.09. The number of rotatable bonds is 4. The Hall–Kier alpha value is -2.49. The molecule has 0 atom stereocenters. The molecule has 2 aromatic carbocycles. The Labute approximate surface area is 118 Å². The summed E-state index contributed by atoms with van der Waals surface area (Å²) in [6.07, 6.45) is 0. The SMILES string of the molecule is COc1ccc(/C(C)=N\Cc2ccccc2O)c(O)c1. The highest BCUT2D eigenvalue weighted by molar-refractivity contribution is 6.01. The third-order valence-corrected chi connectivity index (χ3v) is 3.07. The van der Waals surface area contributed by atoms with E-state index in [1.165, 1.54) is 0 Å². The maximum Gasteiger partial charge on any atom is 0.128 e. The summed E-state index contributed by atoms with van der Waals surface area (Å²) < 4.78 is 5.04. The molecule has 104 valence electrons. The quantitative estimate of drug-likeness (QED) is 0.840. The molecule has 0 bridgehead atoms. The summed E-state index contributed by atoms with van der Waals surface area (Å²) in [4.78, 5) is 4.40. The molecule has 0 fully saturated rings. The first-order chi connectivity index (χ1) is 9.61. The molecule has 0 saturated heterocycles. The van der Waals surface area contributed by atoms with Crippen LogP contribution >= 0.6 is 0 Å². The number of ether oxygens (including phenoxy) is 1. The number of phenolic OH excluding ortho intramolecular Hbond substituents is 2. The van der Waals surface area contributed by atoms with Crippen LogP contribution in [0, 0.1) is 0 Å². The molecule has 4 nitrogen and oxygen atoms in total. The van der Waals surface area contributed by atoms with Crippen molar-refractivity contribution < 1.29 is 14.9 Å². The van der Waals surface area contributed by atoms with Crippen molar-refractivity contribution in [3.8, 4) is 17.2 Å².